The summed E-state index contributed by atoms with van der Waals surface area (Å²) in [6.45, 7) is 0. The molecule has 1 nitrogen and oxygen atoms in total. The van der Waals surface area contributed by atoms with E-state index < -0.39 is 0 Å². The summed E-state index contributed by atoms with van der Waals surface area (Å²) < 4.78 is 2.96. The van der Waals surface area contributed by atoms with Gasteiger partial charge < -0.3 is 0 Å². The van der Waals surface area contributed by atoms with Gasteiger partial charge in [0.15, 0.2) is 0 Å². The average Bonchev–Trinajstić information content (AvgIpc) is 3.79. The fourth-order valence-corrected chi connectivity index (χ4v) is 10.1. The van der Waals surface area contributed by atoms with E-state index in [1.807, 2.05) is 0 Å². The monoisotopic (exact) mass is 637 g/mol. The van der Waals surface area contributed by atoms with Crippen molar-refractivity contribution in [2.45, 2.75) is 6.42 Å². The molecule has 0 bridgehead atoms. The van der Waals surface area contributed by atoms with Gasteiger partial charge in [-0.2, -0.15) is 0 Å². The Kier molecular flexibility index (Phi) is 5.42. The Hall–Kier alpha value is -5.14. The summed E-state index contributed by atoms with van der Waals surface area (Å²) in [5, 5.41) is 5.35. The topological polar surface area (TPSA) is 15.8 Å². The number of nitrogens with one attached hydrogen (secondary N) is 1. The van der Waals surface area contributed by atoms with E-state index in [0.717, 1.165) is 6.42 Å². The third kappa shape index (κ3) is 3.67. The molecule has 0 saturated carbocycles. The first-order valence-corrected chi connectivity index (χ1v) is 17.3. The Morgan fingerprint density at radius 2 is 1.16 bits per heavy atom. The number of aromatic amines is 1. The van der Waals surface area contributed by atoms with Crippen molar-refractivity contribution in [2.75, 3.05) is 0 Å². The van der Waals surface area contributed by atoms with E-state index in [1.165, 1.54) is 96.7 Å². The second-order valence-corrected chi connectivity index (χ2v) is 14.3. The van der Waals surface area contributed by atoms with Crippen LogP contribution < -0.4 is 0 Å². The average molecular weight is 637 g/mol. The zero-order chi connectivity index (χ0) is 29.5. The number of hydrogen-bond donors (Lipinski definition) is 1. The summed E-state index contributed by atoms with van der Waals surface area (Å²) in [5.41, 5.74) is 15.7. The normalized spacial score (nSPS) is 12.4. The molecule has 1 aliphatic carbocycles. The van der Waals surface area contributed by atoms with Crippen molar-refractivity contribution >= 4 is 55.6 Å². The van der Waals surface area contributed by atoms with Crippen molar-refractivity contribution in [2.24, 2.45) is 0 Å². The molecular formula is C43H27NSe. The van der Waals surface area contributed by atoms with Crippen LogP contribution in [0, 0.1) is 0 Å². The number of fused-ring (bicyclic) bond motifs is 9. The Morgan fingerprint density at radius 3 is 2.09 bits per heavy atom. The Morgan fingerprint density at radius 1 is 0.444 bits per heavy atom. The summed E-state index contributed by atoms with van der Waals surface area (Å²) in [6.07, 6.45) is 0.939. The van der Waals surface area contributed by atoms with E-state index in [-0.39, 0.29) is 0 Å². The molecule has 2 heterocycles. The molecule has 210 valence electrons. The third-order valence-corrected chi connectivity index (χ3v) is 12.1. The summed E-state index contributed by atoms with van der Waals surface area (Å²) in [7, 11) is 0. The number of aromatic nitrogens is 1. The van der Waals surface area contributed by atoms with E-state index in [4.69, 9.17) is 0 Å². The van der Waals surface area contributed by atoms with Crippen LogP contribution in [0.3, 0.4) is 0 Å². The Balaban J connectivity index is 1.39. The molecule has 0 radical (unpaired) electrons. The minimum absolute atomic E-state index is 0.301. The SMILES string of the molecule is c1ccc(-c2ccc3c([nH]c4ccccc43)c2-c2ccc3c(c2-c2cccc4[se]c5ccccc5c24)Cc2ccccc2-3)cc1. The zero-order valence-electron chi connectivity index (χ0n) is 24.5. The molecule has 1 N–H and O–H groups in total. The van der Waals surface area contributed by atoms with Gasteiger partial charge in [-0.15, -0.1) is 0 Å². The van der Waals surface area contributed by atoms with Crippen molar-refractivity contribution in [3.05, 3.63) is 157 Å². The van der Waals surface area contributed by atoms with Crippen molar-refractivity contribution < 1.29 is 0 Å². The van der Waals surface area contributed by atoms with Crippen molar-refractivity contribution in [1.29, 1.82) is 0 Å². The van der Waals surface area contributed by atoms with Gasteiger partial charge in [-0.1, -0.05) is 0 Å². The molecule has 0 aliphatic heterocycles. The minimum atomic E-state index is 0.301. The van der Waals surface area contributed by atoms with Gasteiger partial charge in [0.2, 0.25) is 0 Å². The molecule has 2 aromatic heterocycles. The van der Waals surface area contributed by atoms with E-state index in [1.54, 1.807) is 0 Å². The molecule has 2 heteroatoms. The third-order valence-electron chi connectivity index (χ3n) is 9.70. The fourth-order valence-electron chi connectivity index (χ4n) is 7.77. The summed E-state index contributed by atoms with van der Waals surface area (Å²) in [5.74, 6) is 0. The van der Waals surface area contributed by atoms with Gasteiger partial charge in [0.25, 0.3) is 0 Å². The van der Waals surface area contributed by atoms with Gasteiger partial charge >= 0.3 is 268 Å². The predicted molar refractivity (Wildman–Crippen MR) is 192 cm³/mol. The number of H-pyrrole nitrogens is 1. The standard InChI is InChI=1S/C43H27NSe/c1-2-11-26(12-3-1)29-21-23-32-31-15-6-8-18-37(31)44-43(32)42(29)35-24-22-30-28-14-5-4-13-27(28)25-36(30)40(35)34-17-10-20-39-41(34)33-16-7-9-19-38(33)45-39/h1-24,44H,25H2. The van der Waals surface area contributed by atoms with Crippen LogP contribution in [-0.2, 0) is 6.42 Å². The molecule has 45 heavy (non-hydrogen) atoms. The van der Waals surface area contributed by atoms with Crippen molar-refractivity contribution in [1.82, 2.24) is 4.98 Å². The van der Waals surface area contributed by atoms with Crippen LogP contribution in [-0.4, -0.2) is 19.5 Å². The molecular weight excluding hydrogens is 609 g/mol. The van der Waals surface area contributed by atoms with Gasteiger partial charge in [-0.05, 0) is 0 Å². The predicted octanol–water partition coefficient (Wildman–Crippen LogP) is 11.3. The molecule has 0 atom stereocenters. The summed E-state index contributed by atoms with van der Waals surface area (Å²) >= 11 is 0.301. The van der Waals surface area contributed by atoms with Crippen molar-refractivity contribution in [3.63, 3.8) is 0 Å². The maximum atomic E-state index is 3.89. The first-order valence-electron chi connectivity index (χ1n) is 15.6. The van der Waals surface area contributed by atoms with E-state index >= 15 is 0 Å². The zero-order valence-corrected chi connectivity index (χ0v) is 26.2. The van der Waals surface area contributed by atoms with Gasteiger partial charge in [0.05, 0.1) is 0 Å². The molecule has 0 fully saturated rings. The molecule has 1 aliphatic rings. The number of benzene rings is 7. The van der Waals surface area contributed by atoms with Crippen LogP contribution >= 0.6 is 0 Å². The van der Waals surface area contributed by atoms with Crippen LogP contribution in [0.2, 0.25) is 0 Å². The van der Waals surface area contributed by atoms with E-state index in [2.05, 4.69) is 151 Å². The van der Waals surface area contributed by atoms with Gasteiger partial charge in [0.1, 0.15) is 0 Å². The van der Waals surface area contributed by atoms with Gasteiger partial charge in [-0.25, -0.2) is 0 Å². The van der Waals surface area contributed by atoms with Gasteiger partial charge in [0, 0.05) is 0 Å². The maximum absolute atomic E-state index is 3.89. The van der Waals surface area contributed by atoms with Crippen LogP contribution in [0.25, 0.3) is 85.6 Å². The van der Waals surface area contributed by atoms with E-state index in [0.29, 0.717) is 14.5 Å². The van der Waals surface area contributed by atoms with Crippen LogP contribution in [0.1, 0.15) is 11.1 Å². The first-order chi connectivity index (χ1) is 22.3. The molecule has 7 aromatic carbocycles. The second-order valence-electron chi connectivity index (χ2n) is 12.1. The van der Waals surface area contributed by atoms with Crippen LogP contribution in [0.15, 0.2) is 146 Å². The Bertz CT molecular complexity index is 2620. The quantitative estimate of drug-likeness (QED) is 0.186. The Labute approximate surface area is 267 Å². The van der Waals surface area contributed by atoms with Crippen molar-refractivity contribution in [3.8, 4) is 44.5 Å². The first kappa shape index (κ1) is 25.2. The van der Waals surface area contributed by atoms with Gasteiger partial charge in [-0.3, -0.25) is 0 Å². The molecule has 0 unspecified atom stereocenters. The number of para-hydroxylation sites is 1. The fraction of sp³-hybridized carbons (Fsp3) is 0.0233. The van der Waals surface area contributed by atoms with E-state index in [9.17, 15) is 0 Å². The second kappa shape index (κ2) is 9.68. The molecule has 0 spiro atoms. The van der Waals surface area contributed by atoms with Crippen LogP contribution in [0.4, 0.5) is 0 Å². The number of hydrogen-bond acceptors (Lipinski definition) is 0. The van der Waals surface area contributed by atoms with Crippen LogP contribution in [0.5, 0.6) is 0 Å². The summed E-state index contributed by atoms with van der Waals surface area (Å²) in [6, 6.07) is 54.1. The summed E-state index contributed by atoms with van der Waals surface area (Å²) in [4.78, 5) is 3.89. The molecule has 0 saturated heterocycles. The molecule has 10 rings (SSSR count). The molecule has 0 amide bonds. The number of rotatable bonds is 3. The molecule has 9 aromatic rings.